The second kappa shape index (κ2) is 7.31. The molecule has 3 aromatic rings. The van der Waals surface area contributed by atoms with Gasteiger partial charge in [0.2, 0.25) is 5.91 Å². The number of nitrogens with one attached hydrogen (secondary N) is 1. The number of amides is 1. The van der Waals surface area contributed by atoms with Gasteiger partial charge in [0.25, 0.3) is 0 Å². The van der Waals surface area contributed by atoms with Crippen molar-refractivity contribution in [2.75, 3.05) is 6.54 Å². The van der Waals surface area contributed by atoms with Gasteiger partial charge in [-0.2, -0.15) is 0 Å². The maximum atomic E-state index is 13.4. The van der Waals surface area contributed by atoms with Crippen molar-refractivity contribution >= 4 is 5.91 Å². The molecule has 1 aromatic carbocycles. The number of imidazole rings is 1. The summed E-state index contributed by atoms with van der Waals surface area (Å²) in [5, 5.41) is 0. The normalized spacial score (nSPS) is 22.6. The summed E-state index contributed by atoms with van der Waals surface area (Å²) in [5.74, 6) is 0.790. The Morgan fingerprint density at radius 1 is 1.07 bits per heavy atom. The molecule has 4 rings (SSSR count). The van der Waals surface area contributed by atoms with Crippen molar-refractivity contribution in [3.63, 3.8) is 0 Å². The fourth-order valence-electron chi connectivity index (χ4n) is 4.09. The molecular weight excluding hydrogens is 343 g/mol. The van der Waals surface area contributed by atoms with Crippen LogP contribution in [0, 0.1) is 5.82 Å². The molecule has 3 unspecified atom stereocenters. The van der Waals surface area contributed by atoms with E-state index >= 15 is 0 Å². The van der Waals surface area contributed by atoms with Crippen LogP contribution >= 0.6 is 0 Å². The smallest absolute Gasteiger partial charge is 0.220 e. The zero-order valence-corrected chi connectivity index (χ0v) is 15.0. The quantitative estimate of drug-likeness (QED) is 0.769. The lowest BCUT2D eigenvalue weighted by atomic mass is 9.74. The third-order valence-corrected chi connectivity index (χ3v) is 5.40. The van der Waals surface area contributed by atoms with Gasteiger partial charge in [-0.1, -0.05) is 12.1 Å². The highest BCUT2D eigenvalue weighted by Crippen LogP contribution is 2.46. The van der Waals surface area contributed by atoms with Gasteiger partial charge in [0.05, 0.1) is 6.04 Å². The number of aromatic nitrogens is 3. The summed E-state index contributed by atoms with van der Waals surface area (Å²) < 4.78 is 13.4. The minimum atomic E-state index is -0.257. The van der Waals surface area contributed by atoms with Crippen molar-refractivity contribution in [3.05, 3.63) is 84.0 Å². The van der Waals surface area contributed by atoms with Crippen molar-refractivity contribution in [2.24, 2.45) is 0 Å². The number of likely N-dealkylation sites (tertiary alicyclic amines) is 1. The summed E-state index contributed by atoms with van der Waals surface area (Å²) >= 11 is 0. The van der Waals surface area contributed by atoms with Crippen LogP contribution in [0.25, 0.3) is 0 Å². The molecule has 0 aliphatic carbocycles. The fourth-order valence-corrected chi connectivity index (χ4v) is 4.09. The van der Waals surface area contributed by atoms with Crippen LogP contribution < -0.4 is 0 Å². The third kappa shape index (κ3) is 3.47. The Morgan fingerprint density at radius 2 is 1.78 bits per heavy atom. The van der Waals surface area contributed by atoms with Crippen LogP contribution in [0.1, 0.15) is 48.2 Å². The van der Waals surface area contributed by atoms with E-state index in [1.165, 1.54) is 17.7 Å². The minimum absolute atomic E-state index is 0.0108. The van der Waals surface area contributed by atoms with E-state index in [4.69, 9.17) is 0 Å². The van der Waals surface area contributed by atoms with E-state index in [1.807, 2.05) is 29.2 Å². The zero-order valence-electron chi connectivity index (χ0n) is 15.0. The van der Waals surface area contributed by atoms with Crippen LogP contribution in [-0.4, -0.2) is 32.3 Å². The number of hydrogen-bond donors (Lipinski definition) is 1. The summed E-state index contributed by atoms with van der Waals surface area (Å²) in [6.07, 6.45) is 7.80. The first-order valence-corrected chi connectivity index (χ1v) is 9.05. The van der Waals surface area contributed by atoms with E-state index in [0.29, 0.717) is 6.54 Å². The Balaban J connectivity index is 1.76. The molecule has 1 aliphatic rings. The summed E-state index contributed by atoms with van der Waals surface area (Å²) in [6, 6.07) is 10.5. The largest absolute Gasteiger partial charge is 0.347 e. The molecule has 1 fully saturated rings. The Kier molecular flexibility index (Phi) is 4.71. The van der Waals surface area contributed by atoms with E-state index in [-0.39, 0.29) is 29.6 Å². The van der Waals surface area contributed by atoms with Crippen LogP contribution in [-0.2, 0) is 4.79 Å². The predicted molar refractivity (Wildman–Crippen MR) is 99.5 cm³/mol. The molecule has 6 heteroatoms. The van der Waals surface area contributed by atoms with Gasteiger partial charge in [0.1, 0.15) is 11.6 Å². The topological polar surface area (TPSA) is 61.9 Å². The van der Waals surface area contributed by atoms with Gasteiger partial charge in [-0.15, -0.1) is 0 Å². The Hall–Kier alpha value is -3.02. The molecule has 0 radical (unpaired) electrons. The van der Waals surface area contributed by atoms with Gasteiger partial charge in [-0.3, -0.25) is 9.78 Å². The van der Waals surface area contributed by atoms with Gasteiger partial charge in [0, 0.05) is 44.2 Å². The van der Waals surface area contributed by atoms with E-state index in [0.717, 1.165) is 17.8 Å². The van der Waals surface area contributed by atoms with Crippen LogP contribution in [0.5, 0.6) is 0 Å². The fraction of sp³-hybridized carbons (Fsp3) is 0.286. The van der Waals surface area contributed by atoms with Gasteiger partial charge in [0.15, 0.2) is 0 Å². The number of rotatable bonds is 3. The predicted octanol–water partition coefficient (Wildman–Crippen LogP) is 3.80. The molecule has 3 heterocycles. The molecule has 1 saturated heterocycles. The lowest BCUT2D eigenvalue weighted by Gasteiger charge is -2.43. The molecule has 138 valence electrons. The summed E-state index contributed by atoms with van der Waals surface area (Å²) in [5.41, 5.74) is 2.20. The lowest BCUT2D eigenvalue weighted by molar-refractivity contribution is -0.133. The first-order valence-electron chi connectivity index (χ1n) is 9.05. The Morgan fingerprint density at radius 3 is 2.41 bits per heavy atom. The monoisotopic (exact) mass is 364 g/mol. The number of H-pyrrole nitrogens is 1. The highest BCUT2D eigenvalue weighted by molar-refractivity contribution is 5.74. The third-order valence-electron chi connectivity index (χ3n) is 5.40. The molecule has 0 spiro atoms. The number of hydrogen-bond acceptors (Lipinski definition) is 3. The number of carbonyl (C=O) groups excluding carboxylic acids is 1. The van der Waals surface area contributed by atoms with Gasteiger partial charge >= 0.3 is 0 Å². The number of pyridine rings is 1. The van der Waals surface area contributed by atoms with Crippen LogP contribution in [0.4, 0.5) is 4.39 Å². The molecule has 27 heavy (non-hydrogen) atoms. The average molecular weight is 364 g/mol. The van der Waals surface area contributed by atoms with Crippen molar-refractivity contribution in [1.29, 1.82) is 0 Å². The van der Waals surface area contributed by atoms with Crippen molar-refractivity contribution < 1.29 is 9.18 Å². The molecule has 1 amide bonds. The minimum Gasteiger partial charge on any atom is -0.347 e. The molecular formula is C21H21FN4O. The van der Waals surface area contributed by atoms with Gasteiger partial charge in [-0.25, -0.2) is 9.37 Å². The number of nitrogens with zero attached hydrogens (tertiary/aromatic N) is 3. The van der Waals surface area contributed by atoms with Crippen LogP contribution in [0.15, 0.2) is 61.2 Å². The van der Waals surface area contributed by atoms with Crippen molar-refractivity contribution in [2.45, 2.75) is 31.2 Å². The van der Waals surface area contributed by atoms with Crippen molar-refractivity contribution in [3.8, 4) is 0 Å². The number of carbonyl (C=O) groups is 1. The summed E-state index contributed by atoms with van der Waals surface area (Å²) in [7, 11) is 0. The summed E-state index contributed by atoms with van der Waals surface area (Å²) in [6.45, 7) is 2.14. The summed E-state index contributed by atoms with van der Waals surface area (Å²) in [4.78, 5) is 25.9. The van der Waals surface area contributed by atoms with Gasteiger partial charge < -0.3 is 9.88 Å². The van der Waals surface area contributed by atoms with Crippen molar-refractivity contribution in [1.82, 2.24) is 19.9 Å². The average Bonchev–Trinajstić information content (AvgIpc) is 3.23. The SMILES string of the molecule is CC(=O)N1CC(c2ccc(F)cc2)C(c2ccncc2)CC1c1ncc[nH]1. The molecule has 0 saturated carbocycles. The second-order valence-corrected chi connectivity index (χ2v) is 6.94. The zero-order chi connectivity index (χ0) is 18.8. The van der Waals surface area contributed by atoms with E-state index in [1.54, 1.807) is 31.7 Å². The van der Waals surface area contributed by atoms with E-state index in [9.17, 15) is 9.18 Å². The number of benzene rings is 1. The lowest BCUT2D eigenvalue weighted by Crippen LogP contribution is -2.43. The maximum absolute atomic E-state index is 13.4. The number of halogens is 1. The molecule has 3 atom stereocenters. The first kappa shape index (κ1) is 17.4. The Labute approximate surface area is 157 Å². The highest BCUT2D eigenvalue weighted by Gasteiger charge is 2.40. The number of piperidine rings is 1. The van der Waals surface area contributed by atoms with E-state index in [2.05, 4.69) is 15.0 Å². The van der Waals surface area contributed by atoms with Crippen LogP contribution in [0.3, 0.4) is 0 Å². The highest BCUT2D eigenvalue weighted by atomic mass is 19.1. The molecule has 1 N–H and O–H groups in total. The standard InChI is InChI=1S/C21H21FN4O/c1-14(27)26-13-19(15-2-4-17(22)5-3-15)18(16-6-8-23-9-7-16)12-20(26)21-24-10-11-25-21/h2-11,18-20H,12-13H2,1H3,(H,24,25). The number of aromatic amines is 1. The molecule has 0 bridgehead atoms. The van der Waals surface area contributed by atoms with E-state index < -0.39 is 0 Å². The van der Waals surface area contributed by atoms with Crippen LogP contribution in [0.2, 0.25) is 0 Å². The molecule has 1 aliphatic heterocycles. The second-order valence-electron chi connectivity index (χ2n) is 6.94. The van der Waals surface area contributed by atoms with Gasteiger partial charge in [-0.05, 0) is 47.7 Å². The molecule has 2 aromatic heterocycles. The maximum Gasteiger partial charge on any atom is 0.220 e. The first-order chi connectivity index (χ1) is 13.1. The Bertz CT molecular complexity index is 896. The molecule has 5 nitrogen and oxygen atoms in total.